The average Bonchev–Trinajstić information content (AvgIpc) is 2.27. The molecule has 0 heterocycles. The van der Waals surface area contributed by atoms with Gasteiger partial charge < -0.3 is 5.73 Å². The maximum atomic E-state index is 13.5. The molecule has 7 heteroatoms. The van der Waals surface area contributed by atoms with Gasteiger partial charge in [0.05, 0.1) is 0 Å². The van der Waals surface area contributed by atoms with Crippen molar-refractivity contribution in [3.05, 3.63) is 29.8 Å². The number of sulfonamides is 1. The first-order chi connectivity index (χ1) is 8.77. The van der Waals surface area contributed by atoms with Gasteiger partial charge in [-0.25, -0.2) is 21.9 Å². The Morgan fingerprint density at radius 3 is 2.42 bits per heavy atom. The summed E-state index contributed by atoms with van der Waals surface area (Å²) in [7, 11) is -4.02. The largest absolute Gasteiger partial charge is 0.330 e. The number of benzene rings is 1. The number of nitrogens with one attached hydrogen (secondary N) is 1. The minimum Gasteiger partial charge on any atom is -0.330 e. The van der Waals surface area contributed by atoms with E-state index < -0.39 is 26.6 Å². The third-order valence-electron chi connectivity index (χ3n) is 2.77. The first-order valence-electron chi connectivity index (χ1n) is 5.95. The van der Waals surface area contributed by atoms with Gasteiger partial charge in [0.25, 0.3) is 0 Å². The van der Waals surface area contributed by atoms with E-state index in [4.69, 9.17) is 5.73 Å². The van der Waals surface area contributed by atoms with E-state index in [9.17, 15) is 17.2 Å². The number of halogens is 2. The molecule has 0 aliphatic carbocycles. The summed E-state index contributed by atoms with van der Waals surface area (Å²) in [6, 6.07) is 1.97. The number of hydrogen-bond donors (Lipinski definition) is 2. The Labute approximate surface area is 112 Å². The van der Waals surface area contributed by atoms with Crippen molar-refractivity contribution in [2.75, 3.05) is 6.54 Å². The van der Waals surface area contributed by atoms with Crippen LogP contribution in [-0.2, 0) is 10.0 Å². The summed E-state index contributed by atoms with van der Waals surface area (Å²) in [5.74, 6) is -1.91. The summed E-state index contributed by atoms with van der Waals surface area (Å²) < 4.78 is 52.8. The van der Waals surface area contributed by atoms with Crippen LogP contribution in [0.1, 0.15) is 20.3 Å². The van der Waals surface area contributed by atoms with E-state index in [0.29, 0.717) is 19.0 Å². The van der Waals surface area contributed by atoms with Gasteiger partial charge in [0.1, 0.15) is 16.5 Å². The Morgan fingerprint density at radius 1 is 1.32 bits per heavy atom. The highest BCUT2D eigenvalue weighted by Gasteiger charge is 2.24. The molecule has 0 aromatic heterocycles. The molecule has 0 amide bonds. The van der Waals surface area contributed by atoms with Crippen molar-refractivity contribution >= 4 is 10.0 Å². The lowest BCUT2D eigenvalue weighted by atomic mass is 10.0. The van der Waals surface area contributed by atoms with Crippen LogP contribution in [0.3, 0.4) is 0 Å². The number of hydrogen-bond acceptors (Lipinski definition) is 3. The van der Waals surface area contributed by atoms with Gasteiger partial charge in [0.2, 0.25) is 10.0 Å². The van der Waals surface area contributed by atoms with Crippen LogP contribution in [0.4, 0.5) is 8.78 Å². The molecular formula is C12H18F2N2O2S. The molecule has 1 aromatic rings. The highest BCUT2D eigenvalue weighted by atomic mass is 32.2. The lowest BCUT2D eigenvalue weighted by Crippen LogP contribution is -2.40. The Morgan fingerprint density at radius 2 is 1.95 bits per heavy atom. The van der Waals surface area contributed by atoms with Gasteiger partial charge >= 0.3 is 0 Å². The van der Waals surface area contributed by atoms with Crippen LogP contribution in [0, 0.1) is 17.6 Å². The second kappa shape index (κ2) is 6.40. The predicted octanol–water partition coefficient (Wildman–Crippen LogP) is 1.62. The second-order valence-electron chi connectivity index (χ2n) is 4.62. The highest BCUT2D eigenvalue weighted by Crippen LogP contribution is 2.17. The molecule has 1 rings (SSSR count). The van der Waals surface area contributed by atoms with Crippen LogP contribution >= 0.6 is 0 Å². The summed E-state index contributed by atoms with van der Waals surface area (Å²) in [6.07, 6.45) is 0.444. The fourth-order valence-electron chi connectivity index (χ4n) is 1.66. The normalized spacial score (nSPS) is 13.8. The van der Waals surface area contributed by atoms with E-state index in [1.54, 1.807) is 0 Å². The molecule has 3 N–H and O–H groups in total. The minimum absolute atomic E-state index is 0.0156. The van der Waals surface area contributed by atoms with Crippen LogP contribution < -0.4 is 10.5 Å². The Balaban J connectivity index is 3.03. The van der Waals surface area contributed by atoms with E-state index in [0.717, 1.165) is 12.1 Å². The third-order valence-corrected chi connectivity index (χ3v) is 4.30. The minimum atomic E-state index is -4.02. The zero-order valence-electron chi connectivity index (χ0n) is 10.9. The molecule has 0 fully saturated rings. The molecule has 0 saturated carbocycles. The lowest BCUT2D eigenvalue weighted by molar-refractivity contribution is 0.427. The van der Waals surface area contributed by atoms with Crippen LogP contribution in [-0.4, -0.2) is 21.0 Å². The van der Waals surface area contributed by atoms with Gasteiger partial charge in [-0.3, -0.25) is 0 Å². The van der Waals surface area contributed by atoms with E-state index in [1.165, 1.54) is 0 Å². The Bertz CT molecular complexity index is 533. The molecule has 0 saturated heterocycles. The standard InChI is InChI=1S/C12H18F2N2O2S/c1-8(2)11(5-6-15)16-19(17,18)12-4-3-9(13)7-10(12)14/h3-4,7-8,11,16H,5-6,15H2,1-2H3. The Hall–Kier alpha value is -1.05. The smallest absolute Gasteiger partial charge is 0.243 e. The van der Waals surface area contributed by atoms with Crippen LogP contribution in [0.25, 0.3) is 0 Å². The van der Waals surface area contributed by atoms with Gasteiger partial charge in [-0.2, -0.15) is 0 Å². The topological polar surface area (TPSA) is 72.2 Å². The summed E-state index contributed by atoms with van der Waals surface area (Å²) in [5.41, 5.74) is 5.42. The maximum absolute atomic E-state index is 13.5. The van der Waals surface area contributed by atoms with Crippen molar-refractivity contribution in [1.29, 1.82) is 0 Å². The zero-order chi connectivity index (χ0) is 14.6. The summed E-state index contributed by atoms with van der Waals surface area (Å²) in [5, 5.41) is 0. The van der Waals surface area contributed by atoms with Crippen LogP contribution in [0.2, 0.25) is 0 Å². The quantitative estimate of drug-likeness (QED) is 0.837. The summed E-state index contributed by atoms with van der Waals surface area (Å²) in [4.78, 5) is -0.559. The van der Waals surface area contributed by atoms with Gasteiger partial charge in [-0.15, -0.1) is 0 Å². The molecule has 0 bridgehead atoms. The van der Waals surface area contributed by atoms with E-state index in [1.807, 2.05) is 13.8 Å². The van der Waals surface area contributed by atoms with Crippen molar-refractivity contribution in [2.45, 2.75) is 31.2 Å². The van der Waals surface area contributed by atoms with Gasteiger partial charge in [-0.1, -0.05) is 13.8 Å². The van der Waals surface area contributed by atoms with E-state index >= 15 is 0 Å². The fraction of sp³-hybridized carbons (Fsp3) is 0.500. The summed E-state index contributed by atoms with van der Waals surface area (Å²) in [6.45, 7) is 3.99. The SMILES string of the molecule is CC(C)C(CCN)NS(=O)(=O)c1ccc(F)cc1F. The average molecular weight is 292 g/mol. The predicted molar refractivity (Wildman–Crippen MR) is 69.0 cm³/mol. The molecule has 19 heavy (non-hydrogen) atoms. The third kappa shape index (κ3) is 4.22. The molecule has 0 spiro atoms. The van der Waals surface area contributed by atoms with Crippen molar-refractivity contribution < 1.29 is 17.2 Å². The molecule has 0 aliphatic rings. The second-order valence-corrected chi connectivity index (χ2v) is 6.31. The van der Waals surface area contributed by atoms with Crippen molar-refractivity contribution in [3.63, 3.8) is 0 Å². The molecule has 1 atom stereocenters. The molecule has 1 aromatic carbocycles. The number of rotatable bonds is 6. The van der Waals surface area contributed by atoms with Crippen LogP contribution in [0.5, 0.6) is 0 Å². The van der Waals surface area contributed by atoms with E-state index in [-0.39, 0.29) is 12.0 Å². The Kier molecular flexibility index (Phi) is 5.39. The van der Waals surface area contributed by atoms with Crippen molar-refractivity contribution in [3.8, 4) is 0 Å². The molecule has 4 nitrogen and oxygen atoms in total. The molecule has 1 unspecified atom stereocenters. The maximum Gasteiger partial charge on any atom is 0.243 e. The van der Waals surface area contributed by atoms with Gasteiger partial charge in [-0.05, 0) is 31.0 Å². The number of nitrogens with two attached hydrogens (primary N) is 1. The molecule has 0 radical (unpaired) electrons. The zero-order valence-corrected chi connectivity index (χ0v) is 11.7. The van der Waals surface area contributed by atoms with Gasteiger partial charge in [0, 0.05) is 12.1 Å². The van der Waals surface area contributed by atoms with E-state index in [2.05, 4.69) is 4.72 Å². The lowest BCUT2D eigenvalue weighted by Gasteiger charge is -2.21. The van der Waals surface area contributed by atoms with Crippen LogP contribution in [0.15, 0.2) is 23.1 Å². The first kappa shape index (κ1) is 16.0. The fourth-order valence-corrected chi connectivity index (χ4v) is 3.14. The monoisotopic (exact) mass is 292 g/mol. The molecule has 108 valence electrons. The van der Waals surface area contributed by atoms with Gasteiger partial charge in [0.15, 0.2) is 0 Å². The summed E-state index contributed by atoms with van der Waals surface area (Å²) >= 11 is 0. The van der Waals surface area contributed by atoms with Crippen molar-refractivity contribution in [2.24, 2.45) is 11.7 Å². The first-order valence-corrected chi connectivity index (χ1v) is 7.43. The highest BCUT2D eigenvalue weighted by molar-refractivity contribution is 7.89. The van der Waals surface area contributed by atoms with Crippen molar-refractivity contribution in [1.82, 2.24) is 4.72 Å². The molecule has 0 aliphatic heterocycles. The molecular weight excluding hydrogens is 274 g/mol.